The minimum Gasteiger partial charge on any atom is -0.325 e. The average Bonchev–Trinajstić information content (AvgIpc) is 3.22. The van der Waals surface area contributed by atoms with Crippen molar-refractivity contribution < 1.29 is 9.59 Å². The number of aromatic nitrogens is 1. The lowest BCUT2D eigenvalue weighted by atomic mass is 9.90. The molecule has 1 unspecified atom stereocenters. The lowest BCUT2D eigenvalue weighted by Crippen LogP contribution is -2.24. The van der Waals surface area contributed by atoms with Crippen LogP contribution in [0.25, 0.3) is 10.8 Å². The number of hydrogen-bond acceptors (Lipinski definition) is 4. The molecule has 0 saturated heterocycles. The zero-order valence-electron chi connectivity index (χ0n) is 17.1. The molecule has 0 bridgehead atoms. The number of aryl methyl sites for hydroxylation is 1. The van der Waals surface area contributed by atoms with E-state index in [0.29, 0.717) is 15.7 Å². The molecule has 0 radical (unpaired) electrons. The molecule has 32 heavy (non-hydrogen) atoms. The molecule has 4 aromatic rings. The Labute approximate surface area is 194 Å². The van der Waals surface area contributed by atoms with E-state index in [-0.39, 0.29) is 17.7 Å². The van der Waals surface area contributed by atoms with E-state index >= 15 is 0 Å². The van der Waals surface area contributed by atoms with Gasteiger partial charge in [0.2, 0.25) is 5.91 Å². The molecule has 3 aromatic carbocycles. The number of amides is 2. The molecule has 0 fully saturated rings. The number of carbonyl (C=O) groups is 2. The molecular formula is C25H20ClN3O2S. The number of fused-ring (bicyclic) bond motifs is 2. The summed E-state index contributed by atoms with van der Waals surface area (Å²) < 4.78 is 0. The first-order chi connectivity index (χ1) is 15.6. The van der Waals surface area contributed by atoms with Crippen molar-refractivity contribution in [2.45, 2.75) is 25.2 Å². The van der Waals surface area contributed by atoms with Gasteiger partial charge in [0.1, 0.15) is 0 Å². The molecule has 2 N–H and O–H groups in total. The van der Waals surface area contributed by atoms with Gasteiger partial charge in [-0.2, -0.15) is 0 Å². The number of nitrogens with zero attached hydrogens (tertiary/aromatic N) is 1. The molecule has 0 aliphatic heterocycles. The Bertz CT molecular complexity index is 1310. The van der Waals surface area contributed by atoms with Crippen LogP contribution in [0.3, 0.4) is 0 Å². The highest BCUT2D eigenvalue weighted by atomic mass is 35.5. The highest BCUT2D eigenvalue weighted by molar-refractivity contribution is 7.16. The fourth-order valence-corrected chi connectivity index (χ4v) is 5.24. The van der Waals surface area contributed by atoms with Crippen molar-refractivity contribution >= 4 is 56.3 Å². The monoisotopic (exact) mass is 461 g/mol. The van der Waals surface area contributed by atoms with Crippen molar-refractivity contribution in [1.29, 1.82) is 0 Å². The first kappa shape index (κ1) is 20.7. The number of nitrogens with one attached hydrogen (secondary N) is 2. The molecule has 1 aromatic heterocycles. The van der Waals surface area contributed by atoms with Crippen molar-refractivity contribution in [3.63, 3.8) is 0 Å². The van der Waals surface area contributed by atoms with Crippen molar-refractivity contribution in [2.75, 3.05) is 10.6 Å². The van der Waals surface area contributed by atoms with Crippen LogP contribution < -0.4 is 10.6 Å². The lowest BCUT2D eigenvalue weighted by molar-refractivity contribution is -0.117. The van der Waals surface area contributed by atoms with Gasteiger partial charge >= 0.3 is 0 Å². The quantitative estimate of drug-likeness (QED) is 0.376. The number of halogens is 1. The molecule has 0 saturated carbocycles. The van der Waals surface area contributed by atoms with E-state index in [4.69, 9.17) is 11.6 Å². The van der Waals surface area contributed by atoms with Crippen LogP contribution in [0, 0.1) is 0 Å². The molecule has 160 valence electrons. The molecule has 5 rings (SSSR count). The topological polar surface area (TPSA) is 71.1 Å². The summed E-state index contributed by atoms with van der Waals surface area (Å²) in [6, 6.07) is 20.6. The van der Waals surface area contributed by atoms with E-state index in [1.165, 1.54) is 11.3 Å². The predicted molar refractivity (Wildman–Crippen MR) is 130 cm³/mol. The smallest absolute Gasteiger partial charge is 0.257 e. The number of thiazole rings is 1. The molecule has 5 nitrogen and oxygen atoms in total. The van der Waals surface area contributed by atoms with Crippen LogP contribution in [-0.4, -0.2) is 16.8 Å². The van der Waals surface area contributed by atoms with E-state index in [2.05, 4.69) is 15.6 Å². The first-order valence-corrected chi connectivity index (χ1v) is 11.6. The van der Waals surface area contributed by atoms with Gasteiger partial charge in [0.25, 0.3) is 5.91 Å². The predicted octanol–water partition coefficient (Wildman–Crippen LogP) is 6.26. The standard InChI is InChI=1S/C25H20ClN3O2S/c26-17-13-11-16(12-14-17)23(30)29-25-28-22-19(8-4-10-21(22)32-25)24(31)27-20-9-3-6-15-5-1-2-7-18(15)20/h1-3,5-7,9,11-14,19H,4,8,10H2,(H,27,31)(H,28,29,30). The lowest BCUT2D eigenvalue weighted by Gasteiger charge is -2.20. The van der Waals surface area contributed by atoms with E-state index in [9.17, 15) is 9.59 Å². The third-order valence-electron chi connectivity index (χ3n) is 5.65. The Morgan fingerprint density at radius 3 is 2.59 bits per heavy atom. The molecular weight excluding hydrogens is 442 g/mol. The Balaban J connectivity index is 1.36. The van der Waals surface area contributed by atoms with Gasteiger partial charge in [0.15, 0.2) is 5.13 Å². The average molecular weight is 462 g/mol. The van der Waals surface area contributed by atoms with Gasteiger partial charge in [-0.05, 0) is 55.0 Å². The van der Waals surface area contributed by atoms with Gasteiger partial charge in [0.05, 0.1) is 11.6 Å². The molecule has 1 heterocycles. The van der Waals surface area contributed by atoms with Crippen LogP contribution >= 0.6 is 22.9 Å². The SMILES string of the molecule is O=C(Nc1nc2c(s1)CCCC2C(=O)Nc1cccc2ccccc12)c1ccc(Cl)cc1. The Morgan fingerprint density at radius 1 is 0.969 bits per heavy atom. The summed E-state index contributed by atoms with van der Waals surface area (Å²) in [6.45, 7) is 0. The van der Waals surface area contributed by atoms with E-state index < -0.39 is 0 Å². The summed E-state index contributed by atoms with van der Waals surface area (Å²) in [7, 11) is 0. The minimum atomic E-state index is -0.338. The largest absolute Gasteiger partial charge is 0.325 e. The molecule has 1 atom stereocenters. The van der Waals surface area contributed by atoms with Crippen molar-refractivity contribution in [2.24, 2.45) is 0 Å². The minimum absolute atomic E-state index is 0.0665. The van der Waals surface area contributed by atoms with Crippen LogP contribution in [0.15, 0.2) is 66.7 Å². The maximum absolute atomic E-state index is 13.2. The fraction of sp³-hybridized carbons (Fsp3) is 0.160. The number of rotatable bonds is 4. The first-order valence-electron chi connectivity index (χ1n) is 10.4. The van der Waals surface area contributed by atoms with Gasteiger partial charge in [-0.15, -0.1) is 11.3 Å². The summed E-state index contributed by atoms with van der Waals surface area (Å²) >= 11 is 7.34. The van der Waals surface area contributed by atoms with Crippen molar-refractivity contribution in [1.82, 2.24) is 4.98 Å². The van der Waals surface area contributed by atoms with Gasteiger partial charge < -0.3 is 5.32 Å². The van der Waals surface area contributed by atoms with Crippen molar-refractivity contribution in [3.8, 4) is 0 Å². The van der Waals surface area contributed by atoms with Gasteiger partial charge in [-0.25, -0.2) is 4.98 Å². The third-order valence-corrected chi connectivity index (χ3v) is 6.94. The van der Waals surface area contributed by atoms with Crippen LogP contribution in [0.1, 0.15) is 39.7 Å². The third kappa shape index (κ3) is 4.11. The van der Waals surface area contributed by atoms with Crippen LogP contribution in [0.2, 0.25) is 5.02 Å². The zero-order valence-corrected chi connectivity index (χ0v) is 18.7. The molecule has 1 aliphatic rings. The van der Waals surface area contributed by atoms with Crippen LogP contribution in [0.5, 0.6) is 0 Å². The zero-order chi connectivity index (χ0) is 22.1. The van der Waals surface area contributed by atoms with Gasteiger partial charge in [-0.3, -0.25) is 14.9 Å². The maximum atomic E-state index is 13.2. The van der Waals surface area contributed by atoms with Crippen molar-refractivity contribution in [3.05, 3.63) is 87.9 Å². The Kier molecular flexibility index (Phi) is 5.64. The highest BCUT2D eigenvalue weighted by Crippen LogP contribution is 2.38. The Morgan fingerprint density at radius 2 is 1.75 bits per heavy atom. The second-order valence-electron chi connectivity index (χ2n) is 7.75. The normalized spacial score (nSPS) is 15.2. The van der Waals surface area contributed by atoms with E-state index in [0.717, 1.165) is 46.3 Å². The molecule has 7 heteroatoms. The van der Waals surface area contributed by atoms with Gasteiger partial charge in [-0.1, -0.05) is 48.0 Å². The molecule has 0 spiro atoms. The van der Waals surface area contributed by atoms with Gasteiger partial charge in [0, 0.05) is 26.5 Å². The summed E-state index contributed by atoms with van der Waals surface area (Å²) in [5.74, 6) is -0.650. The molecule has 1 aliphatic carbocycles. The summed E-state index contributed by atoms with van der Waals surface area (Å²) in [6.07, 6.45) is 2.51. The van der Waals surface area contributed by atoms with Crippen LogP contribution in [0.4, 0.5) is 10.8 Å². The summed E-state index contributed by atoms with van der Waals surface area (Å²) in [4.78, 5) is 31.5. The summed E-state index contributed by atoms with van der Waals surface area (Å²) in [5, 5.41) is 9.14. The van der Waals surface area contributed by atoms with E-state index in [1.807, 2.05) is 42.5 Å². The molecule has 2 amide bonds. The number of anilines is 2. The number of hydrogen-bond donors (Lipinski definition) is 2. The van der Waals surface area contributed by atoms with Crippen LogP contribution in [-0.2, 0) is 11.2 Å². The second-order valence-corrected chi connectivity index (χ2v) is 9.27. The number of carbonyl (C=O) groups excluding carboxylic acids is 2. The summed E-state index contributed by atoms with van der Waals surface area (Å²) in [5.41, 5.74) is 2.07. The maximum Gasteiger partial charge on any atom is 0.257 e. The van der Waals surface area contributed by atoms with E-state index in [1.54, 1.807) is 24.3 Å². The number of benzene rings is 3. The fourth-order valence-electron chi connectivity index (χ4n) is 4.05. The second kappa shape index (κ2) is 8.73. The Hall–Kier alpha value is -3.22. The highest BCUT2D eigenvalue weighted by Gasteiger charge is 2.31.